The van der Waals surface area contributed by atoms with Gasteiger partial charge >= 0.3 is 6.03 Å². The van der Waals surface area contributed by atoms with Crippen LogP contribution in [0.4, 0.5) is 10.5 Å². The predicted octanol–water partition coefficient (Wildman–Crippen LogP) is 2.70. The van der Waals surface area contributed by atoms with E-state index >= 15 is 0 Å². The quantitative estimate of drug-likeness (QED) is 0.853. The smallest absolute Gasteiger partial charge is 0.322 e. The summed E-state index contributed by atoms with van der Waals surface area (Å²) in [5.74, 6) is 1.32. The van der Waals surface area contributed by atoms with E-state index in [4.69, 9.17) is 14.2 Å². The van der Waals surface area contributed by atoms with Crippen LogP contribution >= 0.6 is 0 Å². The van der Waals surface area contributed by atoms with Crippen molar-refractivity contribution >= 4 is 11.7 Å². The first-order valence-corrected chi connectivity index (χ1v) is 9.54. The number of anilines is 1. The number of benzene rings is 2. The largest absolute Gasteiger partial charge is 0.455 e. The standard InChI is InChI=1S/C21H25N3O4/c25-20(24-11-13-27-21(15-24)14-22-10-12-26-16-21)23-18-8-4-5-9-19(18)28-17-6-2-1-3-7-17/h1-9,22H,10-16H2,(H,23,25)/t21-/m1/s1. The fraction of sp³-hybridized carbons (Fsp3) is 0.381. The number of nitrogens with one attached hydrogen (secondary N) is 2. The van der Waals surface area contributed by atoms with Crippen molar-refractivity contribution in [3.63, 3.8) is 0 Å². The molecule has 0 aromatic heterocycles. The molecule has 1 spiro atoms. The molecule has 0 unspecified atom stereocenters. The molecule has 2 heterocycles. The van der Waals surface area contributed by atoms with Crippen molar-refractivity contribution in [3.05, 3.63) is 54.6 Å². The van der Waals surface area contributed by atoms with E-state index in [0.29, 0.717) is 50.9 Å². The molecule has 2 fully saturated rings. The number of hydrogen-bond donors (Lipinski definition) is 2. The maximum Gasteiger partial charge on any atom is 0.322 e. The fourth-order valence-corrected chi connectivity index (χ4v) is 3.45. The molecule has 28 heavy (non-hydrogen) atoms. The Kier molecular flexibility index (Phi) is 5.76. The first-order chi connectivity index (χ1) is 13.7. The molecule has 4 rings (SSSR count). The van der Waals surface area contributed by atoms with Gasteiger partial charge in [-0.15, -0.1) is 0 Å². The van der Waals surface area contributed by atoms with Crippen LogP contribution in [-0.2, 0) is 9.47 Å². The number of hydrogen-bond acceptors (Lipinski definition) is 5. The summed E-state index contributed by atoms with van der Waals surface area (Å²) in [4.78, 5) is 14.7. The first-order valence-electron chi connectivity index (χ1n) is 9.54. The second kappa shape index (κ2) is 8.60. The van der Waals surface area contributed by atoms with Gasteiger partial charge in [-0.25, -0.2) is 4.79 Å². The summed E-state index contributed by atoms with van der Waals surface area (Å²) in [5, 5.41) is 6.31. The van der Waals surface area contributed by atoms with Crippen molar-refractivity contribution in [2.24, 2.45) is 0 Å². The third-order valence-corrected chi connectivity index (χ3v) is 4.87. The Labute approximate surface area is 164 Å². The number of morpholine rings is 1. The average Bonchev–Trinajstić information content (AvgIpc) is 2.95. The van der Waals surface area contributed by atoms with E-state index in [-0.39, 0.29) is 6.03 Å². The van der Waals surface area contributed by atoms with Crippen LogP contribution in [0.5, 0.6) is 11.5 Å². The highest BCUT2D eigenvalue weighted by Gasteiger charge is 2.39. The molecule has 0 aliphatic carbocycles. The molecule has 1 atom stereocenters. The highest BCUT2D eigenvalue weighted by Crippen LogP contribution is 2.30. The van der Waals surface area contributed by atoms with Crippen molar-refractivity contribution in [2.45, 2.75) is 5.60 Å². The molecule has 2 aromatic rings. The van der Waals surface area contributed by atoms with Crippen LogP contribution in [0.15, 0.2) is 54.6 Å². The minimum atomic E-state index is -0.494. The lowest BCUT2D eigenvalue weighted by Gasteiger charge is -2.41. The molecule has 7 nitrogen and oxygen atoms in total. The lowest BCUT2D eigenvalue weighted by Crippen LogP contribution is -2.60. The van der Waals surface area contributed by atoms with E-state index in [1.165, 1.54) is 0 Å². The minimum Gasteiger partial charge on any atom is -0.455 e. The van der Waals surface area contributed by atoms with Gasteiger partial charge in [0.15, 0.2) is 5.75 Å². The molecule has 2 aromatic carbocycles. The second-order valence-corrected chi connectivity index (χ2v) is 7.02. The molecule has 2 amide bonds. The zero-order valence-electron chi connectivity index (χ0n) is 15.7. The molecule has 2 aliphatic rings. The van der Waals surface area contributed by atoms with Crippen LogP contribution in [-0.4, -0.2) is 62.5 Å². The Morgan fingerprint density at radius 3 is 2.82 bits per heavy atom. The Morgan fingerprint density at radius 1 is 1.11 bits per heavy atom. The average molecular weight is 383 g/mol. The summed E-state index contributed by atoms with van der Waals surface area (Å²) in [5.41, 5.74) is 0.138. The molecule has 2 N–H and O–H groups in total. The van der Waals surface area contributed by atoms with Crippen molar-refractivity contribution < 1.29 is 19.0 Å². The molecule has 0 bridgehead atoms. The van der Waals surface area contributed by atoms with Crippen LogP contribution in [0.2, 0.25) is 0 Å². The van der Waals surface area contributed by atoms with Crippen LogP contribution in [0.3, 0.4) is 0 Å². The van der Waals surface area contributed by atoms with Crippen LogP contribution in [0, 0.1) is 0 Å². The van der Waals surface area contributed by atoms with Gasteiger partial charge in [-0.3, -0.25) is 0 Å². The number of amides is 2. The van der Waals surface area contributed by atoms with E-state index in [2.05, 4.69) is 10.6 Å². The molecule has 0 radical (unpaired) electrons. The zero-order valence-corrected chi connectivity index (χ0v) is 15.7. The maximum absolute atomic E-state index is 12.9. The SMILES string of the molecule is O=C(Nc1ccccc1Oc1ccccc1)N1CCO[C@]2(CNCCOC2)C1. The Morgan fingerprint density at radius 2 is 1.93 bits per heavy atom. The predicted molar refractivity (Wildman–Crippen MR) is 106 cm³/mol. The van der Waals surface area contributed by atoms with Gasteiger partial charge in [-0.1, -0.05) is 30.3 Å². The fourth-order valence-electron chi connectivity index (χ4n) is 3.45. The highest BCUT2D eigenvalue weighted by atomic mass is 16.5. The molecule has 7 heteroatoms. The molecule has 2 aliphatic heterocycles. The van der Waals surface area contributed by atoms with Gasteiger partial charge in [0.2, 0.25) is 0 Å². The van der Waals surface area contributed by atoms with Crippen LogP contribution < -0.4 is 15.4 Å². The topological polar surface area (TPSA) is 72.1 Å². The van der Waals surface area contributed by atoms with E-state index in [0.717, 1.165) is 12.3 Å². The van der Waals surface area contributed by atoms with E-state index in [1.807, 2.05) is 54.6 Å². The first kappa shape index (κ1) is 18.7. The monoisotopic (exact) mass is 383 g/mol. The van der Waals surface area contributed by atoms with Gasteiger partial charge in [-0.05, 0) is 24.3 Å². The van der Waals surface area contributed by atoms with Crippen molar-refractivity contribution in [3.8, 4) is 11.5 Å². The Bertz CT molecular complexity index is 791. The lowest BCUT2D eigenvalue weighted by atomic mass is 10.0. The summed E-state index contributed by atoms with van der Waals surface area (Å²) in [6, 6.07) is 16.8. The van der Waals surface area contributed by atoms with Gasteiger partial charge < -0.3 is 29.7 Å². The summed E-state index contributed by atoms with van der Waals surface area (Å²) < 4.78 is 17.6. The third kappa shape index (κ3) is 4.44. The van der Waals surface area contributed by atoms with Crippen LogP contribution in [0.1, 0.15) is 0 Å². The lowest BCUT2D eigenvalue weighted by molar-refractivity contribution is -0.123. The summed E-state index contributed by atoms with van der Waals surface area (Å²) in [6.45, 7) is 4.11. The van der Waals surface area contributed by atoms with Crippen LogP contribution in [0.25, 0.3) is 0 Å². The number of carbonyl (C=O) groups excluding carboxylic acids is 1. The van der Waals surface area contributed by atoms with Gasteiger partial charge in [0.05, 0.1) is 32.1 Å². The minimum absolute atomic E-state index is 0.170. The number of para-hydroxylation sites is 3. The van der Waals surface area contributed by atoms with Crippen molar-refractivity contribution in [1.82, 2.24) is 10.2 Å². The number of carbonyl (C=O) groups is 1. The Hall–Kier alpha value is -2.61. The molecule has 148 valence electrons. The Balaban J connectivity index is 1.45. The van der Waals surface area contributed by atoms with Gasteiger partial charge in [0.1, 0.15) is 11.4 Å². The van der Waals surface area contributed by atoms with E-state index < -0.39 is 5.60 Å². The third-order valence-electron chi connectivity index (χ3n) is 4.87. The normalized spacial score (nSPS) is 22.5. The van der Waals surface area contributed by atoms with Gasteiger partial charge in [0.25, 0.3) is 0 Å². The highest BCUT2D eigenvalue weighted by molar-refractivity contribution is 5.91. The zero-order chi connectivity index (χ0) is 19.2. The molecular weight excluding hydrogens is 358 g/mol. The molecule has 2 saturated heterocycles. The summed E-state index contributed by atoms with van der Waals surface area (Å²) >= 11 is 0. The number of urea groups is 1. The van der Waals surface area contributed by atoms with Gasteiger partial charge in [-0.2, -0.15) is 0 Å². The second-order valence-electron chi connectivity index (χ2n) is 7.02. The van der Waals surface area contributed by atoms with E-state index in [9.17, 15) is 4.79 Å². The van der Waals surface area contributed by atoms with E-state index in [1.54, 1.807) is 4.90 Å². The molecular formula is C21H25N3O4. The summed E-state index contributed by atoms with van der Waals surface area (Å²) in [7, 11) is 0. The molecule has 0 saturated carbocycles. The number of nitrogens with zero attached hydrogens (tertiary/aromatic N) is 1. The van der Waals surface area contributed by atoms with Crippen molar-refractivity contribution in [1.29, 1.82) is 0 Å². The number of ether oxygens (including phenoxy) is 3. The number of rotatable bonds is 3. The van der Waals surface area contributed by atoms with Crippen molar-refractivity contribution in [2.75, 3.05) is 51.3 Å². The summed E-state index contributed by atoms with van der Waals surface area (Å²) in [6.07, 6.45) is 0. The van der Waals surface area contributed by atoms with Gasteiger partial charge in [0, 0.05) is 19.6 Å². The maximum atomic E-state index is 12.9.